The standard InChI is InChI=1S/C18H24N2OS/c1-12(2)11-19-17(21)13-7-3-4-8-14(13)18-20-15-9-5-6-10-16(15)22-18/h5-6,9-10,12-14H,3-4,7-8,11H2,1-2H3,(H,19,21)/t13-,14-/m0/s1. The number of carbonyl (C=O) groups excluding carboxylic acids is 1. The lowest BCUT2D eigenvalue weighted by Crippen LogP contribution is -2.37. The molecule has 4 heteroatoms. The van der Waals surface area contributed by atoms with Crippen molar-refractivity contribution in [1.29, 1.82) is 0 Å². The van der Waals surface area contributed by atoms with Gasteiger partial charge in [-0.3, -0.25) is 4.79 Å². The summed E-state index contributed by atoms with van der Waals surface area (Å²) < 4.78 is 1.23. The molecule has 0 saturated heterocycles. The topological polar surface area (TPSA) is 42.0 Å². The van der Waals surface area contributed by atoms with Gasteiger partial charge in [0.05, 0.1) is 15.2 Å². The van der Waals surface area contributed by atoms with E-state index in [0.29, 0.717) is 11.8 Å². The van der Waals surface area contributed by atoms with E-state index in [1.165, 1.54) is 11.1 Å². The zero-order valence-corrected chi connectivity index (χ0v) is 14.2. The maximum absolute atomic E-state index is 12.6. The molecule has 1 heterocycles. The largest absolute Gasteiger partial charge is 0.356 e. The van der Waals surface area contributed by atoms with E-state index in [9.17, 15) is 4.79 Å². The number of para-hydroxylation sites is 1. The summed E-state index contributed by atoms with van der Waals surface area (Å²) in [4.78, 5) is 17.4. The van der Waals surface area contributed by atoms with E-state index >= 15 is 0 Å². The number of benzene rings is 1. The molecular weight excluding hydrogens is 292 g/mol. The Balaban J connectivity index is 1.81. The Morgan fingerprint density at radius 3 is 2.86 bits per heavy atom. The third-order valence-electron chi connectivity index (χ3n) is 4.41. The number of thiazole rings is 1. The van der Waals surface area contributed by atoms with Crippen LogP contribution < -0.4 is 5.32 Å². The highest BCUT2D eigenvalue weighted by molar-refractivity contribution is 7.18. The maximum atomic E-state index is 12.6. The van der Waals surface area contributed by atoms with Gasteiger partial charge in [-0.1, -0.05) is 38.8 Å². The number of carbonyl (C=O) groups is 1. The minimum absolute atomic E-state index is 0.0908. The van der Waals surface area contributed by atoms with Gasteiger partial charge in [-0.2, -0.15) is 0 Å². The van der Waals surface area contributed by atoms with E-state index in [4.69, 9.17) is 4.98 Å². The number of nitrogens with one attached hydrogen (secondary N) is 1. The molecule has 118 valence electrons. The van der Waals surface area contributed by atoms with Crippen molar-refractivity contribution < 1.29 is 4.79 Å². The van der Waals surface area contributed by atoms with E-state index in [0.717, 1.165) is 36.3 Å². The Labute approximate surface area is 136 Å². The third kappa shape index (κ3) is 3.32. The second-order valence-electron chi connectivity index (χ2n) is 6.66. The Hall–Kier alpha value is -1.42. The van der Waals surface area contributed by atoms with Crippen molar-refractivity contribution in [2.75, 3.05) is 6.54 Å². The summed E-state index contributed by atoms with van der Waals surface area (Å²) in [5, 5.41) is 4.27. The molecule has 0 unspecified atom stereocenters. The van der Waals surface area contributed by atoms with Crippen LogP contribution in [0.1, 0.15) is 50.5 Å². The summed E-state index contributed by atoms with van der Waals surface area (Å²) in [5.74, 6) is 1.09. The molecule has 0 aliphatic heterocycles. The number of hydrogen-bond acceptors (Lipinski definition) is 3. The lowest BCUT2D eigenvalue weighted by molar-refractivity contribution is -0.126. The summed E-state index contributed by atoms with van der Waals surface area (Å²) >= 11 is 1.76. The number of aromatic nitrogens is 1. The summed E-state index contributed by atoms with van der Waals surface area (Å²) in [6.45, 7) is 5.03. The van der Waals surface area contributed by atoms with Gasteiger partial charge in [0, 0.05) is 18.4 Å². The highest BCUT2D eigenvalue weighted by Gasteiger charge is 2.33. The highest BCUT2D eigenvalue weighted by Crippen LogP contribution is 2.40. The van der Waals surface area contributed by atoms with E-state index in [2.05, 4.69) is 37.4 Å². The minimum Gasteiger partial charge on any atom is -0.356 e. The van der Waals surface area contributed by atoms with Crippen LogP contribution in [0.15, 0.2) is 24.3 Å². The fourth-order valence-corrected chi connectivity index (χ4v) is 4.39. The molecule has 1 aromatic heterocycles. The lowest BCUT2D eigenvalue weighted by atomic mass is 9.79. The first-order chi connectivity index (χ1) is 10.6. The minimum atomic E-state index is 0.0908. The van der Waals surface area contributed by atoms with Crippen molar-refractivity contribution in [1.82, 2.24) is 10.3 Å². The predicted molar refractivity (Wildman–Crippen MR) is 92.2 cm³/mol. The molecule has 0 radical (unpaired) electrons. The van der Waals surface area contributed by atoms with Gasteiger partial charge in [0.2, 0.25) is 5.91 Å². The van der Waals surface area contributed by atoms with Crippen LogP contribution in [0.25, 0.3) is 10.2 Å². The molecule has 1 amide bonds. The normalized spacial score (nSPS) is 22.1. The Morgan fingerprint density at radius 2 is 2.09 bits per heavy atom. The first-order valence-corrected chi connectivity index (χ1v) is 9.10. The average molecular weight is 316 g/mol. The molecule has 1 saturated carbocycles. The van der Waals surface area contributed by atoms with Crippen LogP contribution in [0.4, 0.5) is 0 Å². The first kappa shape index (κ1) is 15.5. The number of amides is 1. The van der Waals surface area contributed by atoms with Crippen molar-refractivity contribution in [3.05, 3.63) is 29.3 Å². The zero-order chi connectivity index (χ0) is 15.5. The Kier molecular flexibility index (Phi) is 4.77. The number of rotatable bonds is 4. The smallest absolute Gasteiger partial charge is 0.223 e. The van der Waals surface area contributed by atoms with Crippen LogP contribution in [-0.4, -0.2) is 17.4 Å². The predicted octanol–water partition coefficient (Wildman–Crippen LogP) is 4.34. The van der Waals surface area contributed by atoms with Crippen molar-refractivity contribution in [2.24, 2.45) is 11.8 Å². The van der Waals surface area contributed by atoms with E-state index in [1.54, 1.807) is 11.3 Å². The molecule has 3 nitrogen and oxygen atoms in total. The molecule has 2 aromatic rings. The first-order valence-electron chi connectivity index (χ1n) is 8.28. The zero-order valence-electron chi connectivity index (χ0n) is 13.3. The van der Waals surface area contributed by atoms with Crippen molar-refractivity contribution in [3.63, 3.8) is 0 Å². The molecule has 22 heavy (non-hydrogen) atoms. The lowest BCUT2D eigenvalue weighted by Gasteiger charge is -2.29. The molecule has 1 fully saturated rings. The molecule has 1 aromatic carbocycles. The van der Waals surface area contributed by atoms with E-state index < -0.39 is 0 Å². The van der Waals surface area contributed by atoms with Gasteiger partial charge in [0.1, 0.15) is 0 Å². The maximum Gasteiger partial charge on any atom is 0.223 e. The fraction of sp³-hybridized carbons (Fsp3) is 0.556. The second-order valence-corrected chi connectivity index (χ2v) is 7.72. The van der Waals surface area contributed by atoms with Crippen LogP contribution in [-0.2, 0) is 4.79 Å². The summed E-state index contributed by atoms with van der Waals surface area (Å²) in [6, 6.07) is 8.26. The Morgan fingerprint density at radius 1 is 1.32 bits per heavy atom. The fourth-order valence-electron chi connectivity index (χ4n) is 3.22. The Bertz CT molecular complexity index is 616. The van der Waals surface area contributed by atoms with E-state index in [-0.39, 0.29) is 11.8 Å². The molecule has 2 atom stereocenters. The van der Waals surface area contributed by atoms with Gasteiger partial charge in [-0.25, -0.2) is 4.98 Å². The van der Waals surface area contributed by atoms with Gasteiger partial charge >= 0.3 is 0 Å². The van der Waals surface area contributed by atoms with Gasteiger partial charge in [0.15, 0.2) is 0 Å². The SMILES string of the molecule is CC(C)CNC(=O)[C@H]1CCCC[C@@H]1c1nc2ccccc2s1. The highest BCUT2D eigenvalue weighted by atomic mass is 32.1. The van der Waals surface area contributed by atoms with E-state index in [1.807, 2.05) is 6.07 Å². The van der Waals surface area contributed by atoms with Gasteiger partial charge in [-0.05, 0) is 30.9 Å². The van der Waals surface area contributed by atoms with Crippen molar-refractivity contribution in [2.45, 2.75) is 45.4 Å². The number of nitrogens with zero attached hydrogens (tertiary/aromatic N) is 1. The summed E-state index contributed by atoms with van der Waals surface area (Å²) in [7, 11) is 0. The van der Waals surface area contributed by atoms with Gasteiger partial charge < -0.3 is 5.32 Å². The van der Waals surface area contributed by atoms with Gasteiger partial charge in [-0.15, -0.1) is 11.3 Å². The van der Waals surface area contributed by atoms with Crippen LogP contribution in [0.3, 0.4) is 0 Å². The third-order valence-corrected chi connectivity index (χ3v) is 5.58. The second kappa shape index (κ2) is 6.78. The van der Waals surface area contributed by atoms with Crippen LogP contribution in [0, 0.1) is 11.8 Å². The molecular formula is C18H24N2OS. The van der Waals surface area contributed by atoms with Crippen molar-refractivity contribution in [3.8, 4) is 0 Å². The van der Waals surface area contributed by atoms with Crippen LogP contribution in [0.5, 0.6) is 0 Å². The average Bonchev–Trinajstić information content (AvgIpc) is 2.96. The molecule has 0 spiro atoms. The van der Waals surface area contributed by atoms with Crippen molar-refractivity contribution >= 4 is 27.5 Å². The summed E-state index contributed by atoms with van der Waals surface area (Å²) in [6.07, 6.45) is 4.43. The monoisotopic (exact) mass is 316 g/mol. The number of hydrogen-bond donors (Lipinski definition) is 1. The quantitative estimate of drug-likeness (QED) is 0.911. The van der Waals surface area contributed by atoms with Crippen LogP contribution >= 0.6 is 11.3 Å². The molecule has 1 N–H and O–H groups in total. The molecule has 3 rings (SSSR count). The van der Waals surface area contributed by atoms with Gasteiger partial charge in [0.25, 0.3) is 0 Å². The molecule has 1 aliphatic rings. The molecule has 0 bridgehead atoms. The molecule has 1 aliphatic carbocycles. The summed E-state index contributed by atoms with van der Waals surface area (Å²) in [5.41, 5.74) is 1.06. The number of fused-ring (bicyclic) bond motifs is 1. The van der Waals surface area contributed by atoms with Crippen LogP contribution in [0.2, 0.25) is 0 Å².